The van der Waals surface area contributed by atoms with E-state index in [0.29, 0.717) is 12.3 Å². The maximum atomic E-state index is 11.7. The number of aromatic nitrogens is 1. The third-order valence-corrected chi connectivity index (χ3v) is 2.66. The highest BCUT2D eigenvalue weighted by atomic mass is 16.5. The van der Waals surface area contributed by atoms with Crippen LogP contribution >= 0.6 is 0 Å². The van der Waals surface area contributed by atoms with Crippen molar-refractivity contribution >= 4 is 18.0 Å². The molecule has 18 heavy (non-hydrogen) atoms. The van der Waals surface area contributed by atoms with Gasteiger partial charge in [0.25, 0.3) is 0 Å². The molecule has 1 rings (SSSR count). The van der Waals surface area contributed by atoms with Gasteiger partial charge >= 0.3 is 5.97 Å². The Hall–Kier alpha value is -2.04. The molecule has 0 bridgehead atoms. The first-order valence-corrected chi connectivity index (χ1v) is 5.87. The number of esters is 1. The van der Waals surface area contributed by atoms with Crippen LogP contribution in [0.5, 0.6) is 0 Å². The summed E-state index contributed by atoms with van der Waals surface area (Å²) >= 11 is 0. The lowest BCUT2D eigenvalue weighted by Gasteiger charge is -2.00. The molecule has 0 saturated heterocycles. The quantitative estimate of drug-likeness (QED) is 0.614. The van der Waals surface area contributed by atoms with E-state index in [1.807, 2.05) is 13.8 Å². The van der Waals surface area contributed by atoms with E-state index in [1.165, 1.54) is 6.08 Å². The number of hydrogen-bond acceptors (Lipinski definition) is 3. The molecule has 0 aromatic carbocycles. The smallest absolute Gasteiger partial charge is 0.355 e. The Morgan fingerprint density at radius 2 is 2.06 bits per heavy atom. The third-order valence-electron chi connectivity index (χ3n) is 2.66. The van der Waals surface area contributed by atoms with E-state index in [1.54, 1.807) is 13.0 Å². The van der Waals surface area contributed by atoms with E-state index >= 15 is 0 Å². The number of nitrogens with two attached hydrogens (primary N) is 1. The van der Waals surface area contributed by atoms with Crippen molar-refractivity contribution in [3.05, 3.63) is 28.6 Å². The fraction of sp³-hybridized carbons (Fsp3) is 0.385. The van der Waals surface area contributed by atoms with E-state index in [2.05, 4.69) is 4.98 Å². The molecule has 0 aliphatic heterocycles. The molecule has 5 nitrogen and oxygen atoms in total. The molecule has 0 saturated carbocycles. The van der Waals surface area contributed by atoms with Crippen molar-refractivity contribution in [1.82, 2.24) is 4.98 Å². The number of nitrogens with one attached hydrogen (secondary N) is 1. The first-order chi connectivity index (χ1) is 8.51. The minimum Gasteiger partial charge on any atom is -0.461 e. The first-order valence-electron chi connectivity index (χ1n) is 5.87. The van der Waals surface area contributed by atoms with Gasteiger partial charge in [0.15, 0.2) is 0 Å². The minimum atomic E-state index is -0.526. The lowest BCUT2D eigenvalue weighted by Crippen LogP contribution is -2.06. The third kappa shape index (κ3) is 3.00. The Balaban J connectivity index is 3.16. The number of carbonyl (C=O) groups excluding carboxylic acids is 2. The van der Waals surface area contributed by atoms with Gasteiger partial charge in [0, 0.05) is 11.8 Å². The van der Waals surface area contributed by atoms with Gasteiger partial charge in [-0.15, -0.1) is 0 Å². The molecular weight excluding hydrogens is 232 g/mol. The number of aromatic amines is 1. The molecule has 0 spiro atoms. The number of H-pyrrole nitrogens is 1. The van der Waals surface area contributed by atoms with Gasteiger partial charge in [-0.3, -0.25) is 4.79 Å². The number of hydrogen-bond donors (Lipinski definition) is 2. The summed E-state index contributed by atoms with van der Waals surface area (Å²) < 4.78 is 4.96. The minimum absolute atomic E-state index is 0.325. The monoisotopic (exact) mass is 250 g/mol. The van der Waals surface area contributed by atoms with Crippen molar-refractivity contribution < 1.29 is 14.3 Å². The zero-order valence-electron chi connectivity index (χ0n) is 10.9. The molecule has 3 N–H and O–H groups in total. The van der Waals surface area contributed by atoms with Crippen LogP contribution in [0.3, 0.4) is 0 Å². The molecule has 0 fully saturated rings. The summed E-state index contributed by atoms with van der Waals surface area (Å²) in [5.74, 6) is -0.912. The number of rotatable bonds is 5. The van der Waals surface area contributed by atoms with E-state index in [-0.39, 0.29) is 5.97 Å². The van der Waals surface area contributed by atoms with Gasteiger partial charge < -0.3 is 15.5 Å². The summed E-state index contributed by atoms with van der Waals surface area (Å²) in [5.41, 5.74) is 8.03. The van der Waals surface area contributed by atoms with E-state index in [9.17, 15) is 9.59 Å². The van der Waals surface area contributed by atoms with Crippen LogP contribution < -0.4 is 5.73 Å². The fourth-order valence-electron chi connectivity index (χ4n) is 1.83. The van der Waals surface area contributed by atoms with Crippen LogP contribution in [0.4, 0.5) is 0 Å². The number of ether oxygens (including phenoxy) is 1. The van der Waals surface area contributed by atoms with Crippen molar-refractivity contribution in [1.29, 1.82) is 0 Å². The Kier molecular flexibility index (Phi) is 4.71. The maximum absolute atomic E-state index is 11.7. The highest BCUT2D eigenvalue weighted by Gasteiger charge is 2.17. The fourth-order valence-corrected chi connectivity index (χ4v) is 1.83. The SMILES string of the molecule is CCOC(=O)c1[nH]c(/C=C\C(N)=O)c(CC)c1C. The van der Waals surface area contributed by atoms with Gasteiger partial charge in [0.05, 0.1) is 6.61 Å². The molecule has 5 heteroatoms. The highest BCUT2D eigenvalue weighted by Crippen LogP contribution is 2.21. The van der Waals surface area contributed by atoms with Gasteiger partial charge in [0.1, 0.15) is 5.69 Å². The average molecular weight is 250 g/mol. The molecule has 0 atom stereocenters. The molecule has 1 heterocycles. The van der Waals surface area contributed by atoms with Gasteiger partial charge in [-0.1, -0.05) is 6.92 Å². The predicted molar refractivity (Wildman–Crippen MR) is 69.1 cm³/mol. The lowest BCUT2D eigenvalue weighted by molar-refractivity contribution is -0.113. The number of carbonyl (C=O) groups is 2. The topological polar surface area (TPSA) is 85.2 Å². The van der Waals surface area contributed by atoms with Gasteiger partial charge in [-0.25, -0.2) is 4.79 Å². The summed E-state index contributed by atoms with van der Waals surface area (Å²) in [5, 5.41) is 0. The van der Waals surface area contributed by atoms with Crippen molar-refractivity contribution in [3.63, 3.8) is 0 Å². The van der Waals surface area contributed by atoms with Crippen LogP contribution in [0.1, 0.15) is 41.2 Å². The largest absolute Gasteiger partial charge is 0.461 e. The van der Waals surface area contributed by atoms with E-state index in [0.717, 1.165) is 23.2 Å². The molecule has 1 aromatic heterocycles. The summed E-state index contributed by atoms with van der Waals surface area (Å²) in [6.45, 7) is 5.91. The summed E-state index contributed by atoms with van der Waals surface area (Å²) in [6.07, 6.45) is 3.59. The van der Waals surface area contributed by atoms with Gasteiger partial charge in [-0.05, 0) is 37.5 Å². The van der Waals surface area contributed by atoms with E-state index < -0.39 is 5.91 Å². The Morgan fingerprint density at radius 3 is 2.56 bits per heavy atom. The van der Waals surface area contributed by atoms with E-state index in [4.69, 9.17) is 10.5 Å². The van der Waals surface area contributed by atoms with Crippen LogP contribution in [-0.4, -0.2) is 23.5 Å². The van der Waals surface area contributed by atoms with Crippen LogP contribution in [0.2, 0.25) is 0 Å². The second-order valence-electron chi connectivity index (χ2n) is 3.83. The predicted octanol–water partition coefficient (Wildman–Crippen LogP) is 1.56. The normalized spacial score (nSPS) is 10.8. The average Bonchev–Trinajstić information content (AvgIpc) is 2.63. The van der Waals surface area contributed by atoms with Gasteiger partial charge in [0.2, 0.25) is 5.91 Å². The number of primary amides is 1. The first kappa shape index (κ1) is 14.0. The molecule has 1 amide bonds. The zero-order valence-corrected chi connectivity index (χ0v) is 10.9. The van der Waals surface area contributed by atoms with Crippen molar-refractivity contribution in [2.45, 2.75) is 27.2 Å². The lowest BCUT2D eigenvalue weighted by atomic mass is 10.1. The van der Waals surface area contributed by atoms with Crippen molar-refractivity contribution in [2.24, 2.45) is 5.73 Å². The molecule has 0 aliphatic rings. The van der Waals surface area contributed by atoms with Crippen LogP contribution in [0.25, 0.3) is 6.08 Å². The van der Waals surface area contributed by atoms with Crippen molar-refractivity contribution in [2.75, 3.05) is 6.61 Å². The van der Waals surface area contributed by atoms with Crippen LogP contribution in [0.15, 0.2) is 6.08 Å². The standard InChI is InChI=1S/C13H18N2O3/c1-4-9-8(3)12(13(17)18-5-2)15-10(9)6-7-11(14)16/h6-7,15H,4-5H2,1-3H3,(H2,14,16)/b7-6-. The molecule has 0 aliphatic carbocycles. The maximum Gasteiger partial charge on any atom is 0.355 e. The molecule has 98 valence electrons. The molecule has 0 radical (unpaired) electrons. The second-order valence-corrected chi connectivity index (χ2v) is 3.83. The number of amides is 1. The van der Waals surface area contributed by atoms with Crippen molar-refractivity contribution in [3.8, 4) is 0 Å². The Bertz CT molecular complexity index is 487. The zero-order chi connectivity index (χ0) is 13.7. The van der Waals surface area contributed by atoms with Crippen LogP contribution in [0, 0.1) is 6.92 Å². The van der Waals surface area contributed by atoms with Gasteiger partial charge in [-0.2, -0.15) is 0 Å². The molecule has 1 aromatic rings. The molecule has 0 unspecified atom stereocenters. The highest BCUT2D eigenvalue weighted by molar-refractivity contribution is 5.92. The Labute approximate surface area is 106 Å². The second kappa shape index (κ2) is 6.05. The molecular formula is C13H18N2O3. The van der Waals surface area contributed by atoms with Crippen LogP contribution in [-0.2, 0) is 16.0 Å². The summed E-state index contributed by atoms with van der Waals surface area (Å²) in [4.78, 5) is 25.4. The summed E-state index contributed by atoms with van der Waals surface area (Å²) in [6, 6.07) is 0. The Morgan fingerprint density at radius 1 is 1.39 bits per heavy atom. The summed E-state index contributed by atoms with van der Waals surface area (Å²) in [7, 11) is 0.